The highest BCUT2D eigenvalue weighted by Gasteiger charge is 2.26. The molecule has 4 aromatic rings. The lowest BCUT2D eigenvalue weighted by molar-refractivity contribution is -0.132. The van der Waals surface area contributed by atoms with Gasteiger partial charge in [-0.05, 0) is 66.2 Å². The molecule has 0 bridgehead atoms. The number of nitrogens with zero attached hydrogens (tertiary/aromatic N) is 5. The minimum absolute atomic E-state index is 0.00722. The number of hydrogen-bond donors (Lipinski definition) is 0. The monoisotopic (exact) mass is 555 g/mol. The van der Waals surface area contributed by atoms with Gasteiger partial charge in [-0.15, -0.1) is 10.2 Å². The first-order chi connectivity index (χ1) is 19.5. The van der Waals surface area contributed by atoms with E-state index in [0.717, 1.165) is 28.4 Å². The van der Waals surface area contributed by atoms with E-state index < -0.39 is 0 Å². The number of aromatic nitrogens is 2. The van der Waals surface area contributed by atoms with E-state index in [4.69, 9.17) is 16.3 Å². The molecule has 1 saturated heterocycles. The molecule has 1 aromatic heterocycles. The van der Waals surface area contributed by atoms with E-state index in [0.29, 0.717) is 43.3 Å². The summed E-state index contributed by atoms with van der Waals surface area (Å²) in [4.78, 5) is 32.2. The van der Waals surface area contributed by atoms with E-state index in [1.165, 1.54) is 0 Å². The zero-order valence-corrected chi connectivity index (χ0v) is 23.0. The maximum absolute atomic E-state index is 13.4. The molecule has 40 heavy (non-hydrogen) atoms. The summed E-state index contributed by atoms with van der Waals surface area (Å²) >= 11 is 6.01. The topological polar surface area (TPSA) is 78.9 Å². The molecule has 204 valence electrons. The Morgan fingerprint density at radius 2 is 1.55 bits per heavy atom. The standard InChI is InChI=1S/C31H30ClN5O3/c1-40-27-13-9-24(10-14-27)28-15-16-29(34-33-28)35-17-19-36(20-18-35)30(38)22-37(21-23-5-3-2-4-6-23)31(39)25-7-11-26(32)12-8-25/h2-16H,17-22H2,1H3. The highest BCUT2D eigenvalue weighted by atomic mass is 35.5. The van der Waals surface area contributed by atoms with Crippen molar-refractivity contribution in [3.8, 4) is 17.0 Å². The summed E-state index contributed by atoms with van der Waals surface area (Å²) in [6, 6.07) is 28.0. The lowest BCUT2D eigenvalue weighted by Crippen LogP contribution is -2.52. The van der Waals surface area contributed by atoms with E-state index in [1.807, 2.05) is 71.6 Å². The van der Waals surface area contributed by atoms with Gasteiger partial charge in [0.15, 0.2) is 5.82 Å². The molecule has 5 rings (SSSR count). The van der Waals surface area contributed by atoms with Crippen LogP contribution in [0.2, 0.25) is 5.02 Å². The van der Waals surface area contributed by atoms with E-state index in [-0.39, 0.29) is 18.4 Å². The van der Waals surface area contributed by atoms with Crippen LogP contribution in [0.5, 0.6) is 5.75 Å². The second kappa shape index (κ2) is 12.6. The number of amides is 2. The Balaban J connectivity index is 1.21. The van der Waals surface area contributed by atoms with Gasteiger partial charge in [0.1, 0.15) is 12.3 Å². The van der Waals surface area contributed by atoms with Crippen LogP contribution in [0, 0.1) is 0 Å². The number of anilines is 1. The van der Waals surface area contributed by atoms with Crippen LogP contribution in [0.4, 0.5) is 5.82 Å². The van der Waals surface area contributed by atoms with Crippen molar-refractivity contribution in [2.24, 2.45) is 0 Å². The van der Waals surface area contributed by atoms with Crippen molar-refractivity contribution in [1.29, 1.82) is 0 Å². The van der Waals surface area contributed by atoms with Crippen LogP contribution < -0.4 is 9.64 Å². The fourth-order valence-corrected chi connectivity index (χ4v) is 4.76. The highest BCUT2D eigenvalue weighted by Crippen LogP contribution is 2.22. The molecule has 1 fully saturated rings. The first-order valence-electron chi connectivity index (χ1n) is 13.1. The number of benzene rings is 3. The van der Waals surface area contributed by atoms with Crippen molar-refractivity contribution in [1.82, 2.24) is 20.0 Å². The summed E-state index contributed by atoms with van der Waals surface area (Å²) in [6.07, 6.45) is 0. The summed E-state index contributed by atoms with van der Waals surface area (Å²) in [5.41, 5.74) is 3.20. The molecular formula is C31H30ClN5O3. The third-order valence-electron chi connectivity index (χ3n) is 6.91. The number of hydrogen-bond acceptors (Lipinski definition) is 6. The molecule has 2 amide bonds. The first kappa shape index (κ1) is 27.1. The molecule has 0 N–H and O–H groups in total. The van der Waals surface area contributed by atoms with Gasteiger partial charge in [-0.1, -0.05) is 41.9 Å². The molecule has 3 aromatic carbocycles. The average Bonchev–Trinajstić information content (AvgIpc) is 3.01. The Morgan fingerprint density at radius 3 is 2.17 bits per heavy atom. The molecule has 0 saturated carbocycles. The maximum atomic E-state index is 13.4. The number of ether oxygens (including phenoxy) is 1. The Labute approximate surface area is 238 Å². The average molecular weight is 556 g/mol. The number of rotatable bonds is 8. The molecule has 0 atom stereocenters. The number of piperazine rings is 1. The SMILES string of the molecule is COc1ccc(-c2ccc(N3CCN(C(=O)CN(Cc4ccccc4)C(=O)c4ccc(Cl)cc4)CC3)nn2)cc1. The van der Waals surface area contributed by atoms with Gasteiger partial charge >= 0.3 is 0 Å². The van der Waals surface area contributed by atoms with Crippen molar-refractivity contribution in [2.75, 3.05) is 44.7 Å². The Kier molecular flexibility index (Phi) is 8.56. The van der Waals surface area contributed by atoms with Crippen molar-refractivity contribution in [2.45, 2.75) is 6.54 Å². The van der Waals surface area contributed by atoms with Crippen molar-refractivity contribution >= 4 is 29.2 Å². The van der Waals surface area contributed by atoms with E-state index in [9.17, 15) is 9.59 Å². The number of carbonyl (C=O) groups excluding carboxylic acids is 2. The zero-order valence-electron chi connectivity index (χ0n) is 22.2. The van der Waals surface area contributed by atoms with Gasteiger partial charge in [0.05, 0.1) is 12.8 Å². The third-order valence-corrected chi connectivity index (χ3v) is 7.17. The molecule has 2 heterocycles. The van der Waals surface area contributed by atoms with E-state index in [2.05, 4.69) is 15.1 Å². The van der Waals surface area contributed by atoms with Gasteiger partial charge in [-0.25, -0.2) is 0 Å². The zero-order chi connectivity index (χ0) is 27.9. The van der Waals surface area contributed by atoms with Crippen LogP contribution in [0.3, 0.4) is 0 Å². The molecule has 1 aliphatic rings. The normalized spacial score (nSPS) is 13.2. The lowest BCUT2D eigenvalue weighted by Gasteiger charge is -2.36. The smallest absolute Gasteiger partial charge is 0.254 e. The van der Waals surface area contributed by atoms with Crippen LogP contribution in [0.25, 0.3) is 11.3 Å². The van der Waals surface area contributed by atoms with Crippen LogP contribution in [0.15, 0.2) is 91.0 Å². The molecule has 0 aliphatic carbocycles. The molecular weight excluding hydrogens is 526 g/mol. The molecule has 0 radical (unpaired) electrons. The molecule has 8 nitrogen and oxygen atoms in total. The van der Waals surface area contributed by atoms with Gasteiger partial charge < -0.3 is 19.4 Å². The minimum atomic E-state index is -0.209. The summed E-state index contributed by atoms with van der Waals surface area (Å²) < 4.78 is 5.22. The van der Waals surface area contributed by atoms with Gasteiger partial charge in [0.25, 0.3) is 5.91 Å². The summed E-state index contributed by atoms with van der Waals surface area (Å²) in [5, 5.41) is 9.39. The van der Waals surface area contributed by atoms with Crippen LogP contribution in [0.1, 0.15) is 15.9 Å². The minimum Gasteiger partial charge on any atom is -0.497 e. The third kappa shape index (κ3) is 6.58. The second-order valence-electron chi connectivity index (χ2n) is 9.53. The molecule has 0 unspecified atom stereocenters. The molecule has 0 spiro atoms. The Morgan fingerprint density at radius 1 is 0.850 bits per heavy atom. The Bertz CT molecular complexity index is 1420. The number of halogens is 1. The number of carbonyl (C=O) groups is 2. The van der Waals surface area contributed by atoms with E-state index >= 15 is 0 Å². The van der Waals surface area contributed by atoms with Crippen LogP contribution in [-0.4, -0.2) is 71.6 Å². The van der Waals surface area contributed by atoms with Crippen molar-refractivity contribution < 1.29 is 14.3 Å². The largest absolute Gasteiger partial charge is 0.497 e. The number of methoxy groups -OCH3 is 1. The van der Waals surface area contributed by atoms with Crippen LogP contribution in [-0.2, 0) is 11.3 Å². The van der Waals surface area contributed by atoms with Crippen molar-refractivity contribution in [3.63, 3.8) is 0 Å². The lowest BCUT2D eigenvalue weighted by atomic mass is 10.1. The summed E-state index contributed by atoms with van der Waals surface area (Å²) in [5.74, 6) is 1.27. The van der Waals surface area contributed by atoms with Gasteiger partial charge in [0.2, 0.25) is 5.91 Å². The predicted octanol–water partition coefficient (Wildman–Crippen LogP) is 4.80. The first-order valence-corrected chi connectivity index (χ1v) is 13.5. The fourth-order valence-electron chi connectivity index (χ4n) is 4.64. The highest BCUT2D eigenvalue weighted by molar-refractivity contribution is 6.30. The molecule has 9 heteroatoms. The van der Waals surface area contributed by atoms with E-state index in [1.54, 1.807) is 36.3 Å². The maximum Gasteiger partial charge on any atom is 0.254 e. The Hall–Kier alpha value is -4.43. The summed E-state index contributed by atoms with van der Waals surface area (Å²) in [6.45, 7) is 2.67. The van der Waals surface area contributed by atoms with Crippen LogP contribution >= 0.6 is 11.6 Å². The van der Waals surface area contributed by atoms with Crippen molar-refractivity contribution in [3.05, 3.63) is 107 Å². The summed E-state index contributed by atoms with van der Waals surface area (Å²) in [7, 11) is 1.64. The second-order valence-corrected chi connectivity index (χ2v) is 9.96. The predicted molar refractivity (Wildman–Crippen MR) is 155 cm³/mol. The van der Waals surface area contributed by atoms with Gasteiger partial charge in [-0.3, -0.25) is 9.59 Å². The fraction of sp³-hybridized carbons (Fsp3) is 0.226. The van der Waals surface area contributed by atoms with Gasteiger partial charge in [0, 0.05) is 48.9 Å². The molecule has 1 aliphatic heterocycles. The van der Waals surface area contributed by atoms with Gasteiger partial charge in [-0.2, -0.15) is 0 Å². The quantitative estimate of drug-likeness (QED) is 0.311.